The molecule has 1 aromatic heterocycles. The summed E-state index contributed by atoms with van der Waals surface area (Å²) in [5.41, 5.74) is 1.49. The van der Waals surface area contributed by atoms with Crippen LogP contribution in [0.3, 0.4) is 0 Å². The van der Waals surface area contributed by atoms with Crippen LogP contribution in [-0.4, -0.2) is 31.6 Å². The average Bonchev–Trinajstić information content (AvgIpc) is 2.71. The minimum atomic E-state index is 0.496. The number of hydrogen-bond donors (Lipinski definition) is 1. The highest BCUT2D eigenvalue weighted by molar-refractivity contribution is 7.12. The molecule has 0 aromatic carbocycles. The summed E-state index contributed by atoms with van der Waals surface area (Å²) >= 11 is 1.91. The van der Waals surface area contributed by atoms with Gasteiger partial charge in [-0.2, -0.15) is 0 Å². The summed E-state index contributed by atoms with van der Waals surface area (Å²) in [7, 11) is 2.23. The SMILES string of the molecule is Cc1cc(C(C)NCCC2CCN(C)CC2)c(C)s1. The first-order valence-electron chi connectivity index (χ1n) is 7.55. The van der Waals surface area contributed by atoms with Crippen LogP contribution in [0.4, 0.5) is 0 Å². The Morgan fingerprint density at radius 3 is 2.63 bits per heavy atom. The van der Waals surface area contributed by atoms with E-state index in [4.69, 9.17) is 0 Å². The molecule has 1 aromatic rings. The topological polar surface area (TPSA) is 15.3 Å². The lowest BCUT2D eigenvalue weighted by Crippen LogP contribution is -2.32. The fourth-order valence-corrected chi connectivity index (χ4v) is 4.07. The lowest BCUT2D eigenvalue weighted by molar-refractivity contribution is 0.211. The van der Waals surface area contributed by atoms with Crippen molar-refractivity contribution < 1.29 is 0 Å². The molecular weight excluding hydrogens is 252 g/mol. The van der Waals surface area contributed by atoms with Gasteiger partial charge in [-0.3, -0.25) is 0 Å². The molecule has 1 N–H and O–H groups in total. The summed E-state index contributed by atoms with van der Waals surface area (Å²) < 4.78 is 0. The number of thiophene rings is 1. The second-order valence-corrected chi connectivity index (χ2v) is 7.54. The predicted octanol–water partition coefficient (Wildman–Crippen LogP) is 3.75. The van der Waals surface area contributed by atoms with Crippen LogP contribution in [0.15, 0.2) is 6.07 Å². The molecule has 1 saturated heterocycles. The van der Waals surface area contributed by atoms with Crippen LogP contribution in [0.5, 0.6) is 0 Å². The van der Waals surface area contributed by atoms with Gasteiger partial charge in [-0.05, 0) is 84.3 Å². The highest BCUT2D eigenvalue weighted by Gasteiger charge is 2.17. The number of likely N-dealkylation sites (tertiary alicyclic amines) is 1. The first-order chi connectivity index (χ1) is 9.06. The monoisotopic (exact) mass is 280 g/mol. The Morgan fingerprint density at radius 1 is 1.37 bits per heavy atom. The Labute approximate surface area is 122 Å². The Balaban J connectivity index is 1.72. The van der Waals surface area contributed by atoms with Gasteiger partial charge < -0.3 is 10.2 Å². The molecule has 1 aliphatic rings. The summed E-state index contributed by atoms with van der Waals surface area (Å²) in [5.74, 6) is 0.932. The van der Waals surface area contributed by atoms with Crippen molar-refractivity contribution in [3.63, 3.8) is 0 Å². The van der Waals surface area contributed by atoms with Crippen LogP contribution in [-0.2, 0) is 0 Å². The van der Waals surface area contributed by atoms with E-state index in [1.165, 1.54) is 47.7 Å². The second kappa shape index (κ2) is 6.87. The lowest BCUT2D eigenvalue weighted by Gasteiger charge is -2.29. The van der Waals surface area contributed by atoms with Crippen molar-refractivity contribution in [3.8, 4) is 0 Å². The maximum absolute atomic E-state index is 3.70. The summed E-state index contributed by atoms with van der Waals surface area (Å²) in [6, 6.07) is 2.84. The molecule has 19 heavy (non-hydrogen) atoms. The van der Waals surface area contributed by atoms with E-state index < -0.39 is 0 Å². The van der Waals surface area contributed by atoms with Gasteiger partial charge in [0.1, 0.15) is 0 Å². The molecule has 108 valence electrons. The zero-order chi connectivity index (χ0) is 13.8. The third-order valence-corrected chi connectivity index (χ3v) is 5.37. The molecule has 1 atom stereocenters. The number of hydrogen-bond acceptors (Lipinski definition) is 3. The van der Waals surface area contributed by atoms with Crippen LogP contribution < -0.4 is 5.32 Å². The maximum atomic E-state index is 3.70. The molecule has 1 aliphatic heterocycles. The van der Waals surface area contributed by atoms with E-state index >= 15 is 0 Å². The first kappa shape index (κ1) is 15.0. The van der Waals surface area contributed by atoms with Crippen molar-refractivity contribution in [1.82, 2.24) is 10.2 Å². The Bertz CT molecular complexity index is 391. The Morgan fingerprint density at radius 2 is 2.05 bits per heavy atom. The van der Waals surface area contributed by atoms with Crippen molar-refractivity contribution in [2.45, 2.75) is 46.1 Å². The molecule has 2 nitrogen and oxygen atoms in total. The molecule has 0 spiro atoms. The molecular formula is C16H28N2S. The first-order valence-corrected chi connectivity index (χ1v) is 8.36. The van der Waals surface area contributed by atoms with E-state index in [0.29, 0.717) is 6.04 Å². The number of rotatable bonds is 5. The van der Waals surface area contributed by atoms with E-state index in [9.17, 15) is 0 Å². The van der Waals surface area contributed by atoms with Gasteiger partial charge in [0.2, 0.25) is 0 Å². The van der Waals surface area contributed by atoms with Gasteiger partial charge in [-0.1, -0.05) is 0 Å². The van der Waals surface area contributed by atoms with Gasteiger partial charge in [0.25, 0.3) is 0 Å². The molecule has 0 radical (unpaired) electrons. The van der Waals surface area contributed by atoms with Crippen LogP contribution in [0.1, 0.15) is 47.5 Å². The van der Waals surface area contributed by atoms with Crippen molar-refractivity contribution >= 4 is 11.3 Å². The van der Waals surface area contributed by atoms with E-state index in [2.05, 4.69) is 44.1 Å². The molecule has 2 heterocycles. The molecule has 0 amide bonds. The maximum Gasteiger partial charge on any atom is 0.0302 e. The van der Waals surface area contributed by atoms with Crippen molar-refractivity contribution in [1.29, 1.82) is 0 Å². The van der Waals surface area contributed by atoms with Gasteiger partial charge >= 0.3 is 0 Å². The van der Waals surface area contributed by atoms with Crippen molar-refractivity contribution in [2.75, 3.05) is 26.7 Å². The molecule has 2 rings (SSSR count). The van der Waals surface area contributed by atoms with E-state index in [1.54, 1.807) is 0 Å². The number of nitrogens with one attached hydrogen (secondary N) is 1. The summed E-state index contributed by atoms with van der Waals surface area (Å²) in [4.78, 5) is 5.34. The fourth-order valence-electron chi connectivity index (χ4n) is 3.05. The Hall–Kier alpha value is -0.380. The summed E-state index contributed by atoms with van der Waals surface area (Å²) in [6.45, 7) is 10.5. The number of aryl methyl sites for hydroxylation is 2. The van der Waals surface area contributed by atoms with E-state index in [0.717, 1.165) is 12.5 Å². The molecule has 0 saturated carbocycles. The average molecular weight is 280 g/mol. The normalized spacial score (nSPS) is 19.8. The number of piperidine rings is 1. The molecule has 1 fully saturated rings. The van der Waals surface area contributed by atoms with E-state index in [1.807, 2.05) is 11.3 Å². The van der Waals surface area contributed by atoms with Crippen LogP contribution in [0, 0.1) is 19.8 Å². The number of nitrogens with zero attached hydrogens (tertiary/aromatic N) is 1. The van der Waals surface area contributed by atoms with E-state index in [-0.39, 0.29) is 0 Å². The van der Waals surface area contributed by atoms with Gasteiger partial charge in [0.05, 0.1) is 0 Å². The van der Waals surface area contributed by atoms with Gasteiger partial charge in [0.15, 0.2) is 0 Å². The van der Waals surface area contributed by atoms with Crippen molar-refractivity contribution in [3.05, 3.63) is 21.4 Å². The standard InChI is InChI=1S/C16H28N2S/c1-12-11-16(14(3)19-12)13(2)17-8-5-15-6-9-18(4)10-7-15/h11,13,15,17H,5-10H2,1-4H3. The summed E-state index contributed by atoms with van der Waals surface area (Å²) in [6.07, 6.45) is 4.09. The van der Waals surface area contributed by atoms with Gasteiger partial charge in [0, 0.05) is 15.8 Å². The fraction of sp³-hybridized carbons (Fsp3) is 0.750. The zero-order valence-electron chi connectivity index (χ0n) is 12.8. The van der Waals surface area contributed by atoms with Crippen molar-refractivity contribution in [2.24, 2.45) is 5.92 Å². The highest BCUT2D eigenvalue weighted by atomic mass is 32.1. The van der Waals surface area contributed by atoms with Gasteiger partial charge in [-0.25, -0.2) is 0 Å². The quantitative estimate of drug-likeness (QED) is 0.884. The second-order valence-electron chi connectivity index (χ2n) is 6.08. The predicted molar refractivity (Wildman–Crippen MR) is 85.0 cm³/mol. The third-order valence-electron chi connectivity index (χ3n) is 4.39. The smallest absolute Gasteiger partial charge is 0.0302 e. The Kier molecular flexibility index (Phi) is 5.43. The minimum absolute atomic E-state index is 0.496. The highest BCUT2D eigenvalue weighted by Crippen LogP contribution is 2.26. The van der Waals surface area contributed by atoms with Crippen LogP contribution in [0.25, 0.3) is 0 Å². The zero-order valence-corrected chi connectivity index (χ0v) is 13.6. The minimum Gasteiger partial charge on any atom is -0.310 e. The van der Waals surface area contributed by atoms with Crippen LogP contribution >= 0.6 is 11.3 Å². The molecule has 0 aliphatic carbocycles. The van der Waals surface area contributed by atoms with Crippen LogP contribution in [0.2, 0.25) is 0 Å². The molecule has 3 heteroatoms. The molecule has 0 bridgehead atoms. The molecule has 1 unspecified atom stereocenters. The third kappa shape index (κ3) is 4.30. The lowest BCUT2D eigenvalue weighted by atomic mass is 9.93. The largest absolute Gasteiger partial charge is 0.310 e. The van der Waals surface area contributed by atoms with Gasteiger partial charge in [-0.15, -0.1) is 11.3 Å². The summed E-state index contributed by atoms with van der Waals surface area (Å²) in [5, 5.41) is 3.70.